The third kappa shape index (κ3) is 1.73. The van der Waals surface area contributed by atoms with Gasteiger partial charge in [0, 0.05) is 11.1 Å². The average molecular weight is 236 g/mol. The Morgan fingerprint density at radius 2 is 1.39 bits per heavy atom. The number of hydrogen-bond donors (Lipinski definition) is 2. The molecule has 86 valence electrons. The molecule has 0 atom stereocenters. The van der Waals surface area contributed by atoms with E-state index in [2.05, 4.69) is 0 Å². The van der Waals surface area contributed by atoms with Crippen LogP contribution in [0.4, 0.5) is 0 Å². The van der Waals surface area contributed by atoms with Gasteiger partial charge in [0.05, 0.1) is 23.3 Å². The number of phenolic OH excluding ortho intramolecular Hbond substituents is 2. The molecule has 2 aromatic carbocycles. The Bertz CT molecular complexity index is 662. The Kier molecular flexibility index (Phi) is 2.87. The fourth-order valence-electron chi connectivity index (χ4n) is 1.76. The van der Waals surface area contributed by atoms with Crippen molar-refractivity contribution in [3.63, 3.8) is 0 Å². The van der Waals surface area contributed by atoms with E-state index in [9.17, 15) is 10.2 Å². The molecule has 0 amide bonds. The summed E-state index contributed by atoms with van der Waals surface area (Å²) in [5, 5.41) is 37.4. The van der Waals surface area contributed by atoms with Gasteiger partial charge < -0.3 is 10.2 Å². The Morgan fingerprint density at radius 1 is 0.833 bits per heavy atom. The summed E-state index contributed by atoms with van der Waals surface area (Å²) >= 11 is 0. The van der Waals surface area contributed by atoms with E-state index in [4.69, 9.17) is 10.5 Å². The Labute approximate surface area is 104 Å². The molecule has 4 nitrogen and oxygen atoms in total. The zero-order valence-electron chi connectivity index (χ0n) is 9.25. The Hall–Kier alpha value is -2.98. The predicted molar refractivity (Wildman–Crippen MR) is 64.6 cm³/mol. The maximum atomic E-state index is 9.82. The largest absolute Gasteiger partial charge is 0.504 e. The smallest absolute Gasteiger partial charge is 0.165 e. The summed E-state index contributed by atoms with van der Waals surface area (Å²) in [5.74, 6) is -0.624. The molecule has 0 aliphatic rings. The van der Waals surface area contributed by atoms with Crippen molar-refractivity contribution in [2.45, 2.75) is 0 Å². The minimum atomic E-state index is -0.336. The van der Waals surface area contributed by atoms with E-state index in [0.717, 1.165) is 0 Å². The standard InChI is InChI=1S/C14H8N2O2/c15-7-9-3-1-4-10(8-16)13(9)11-5-2-6-12(17)14(11)18/h1-6,17-18H. The van der Waals surface area contributed by atoms with Crippen molar-refractivity contribution < 1.29 is 10.2 Å². The van der Waals surface area contributed by atoms with Gasteiger partial charge in [0.1, 0.15) is 0 Å². The highest BCUT2D eigenvalue weighted by Crippen LogP contribution is 2.38. The van der Waals surface area contributed by atoms with Crippen LogP contribution in [0.25, 0.3) is 11.1 Å². The second-order valence-electron chi connectivity index (χ2n) is 3.63. The summed E-state index contributed by atoms with van der Waals surface area (Å²) in [4.78, 5) is 0. The number of para-hydroxylation sites is 1. The number of rotatable bonds is 1. The van der Waals surface area contributed by atoms with E-state index in [1.165, 1.54) is 6.07 Å². The van der Waals surface area contributed by atoms with Gasteiger partial charge in [-0.05, 0) is 18.2 Å². The SMILES string of the molecule is N#Cc1cccc(C#N)c1-c1cccc(O)c1O. The second kappa shape index (κ2) is 4.48. The van der Waals surface area contributed by atoms with Crippen molar-refractivity contribution in [1.29, 1.82) is 10.5 Å². The minimum Gasteiger partial charge on any atom is -0.504 e. The highest BCUT2D eigenvalue weighted by Gasteiger charge is 2.15. The van der Waals surface area contributed by atoms with Crippen LogP contribution in [0.15, 0.2) is 36.4 Å². The van der Waals surface area contributed by atoms with Gasteiger partial charge in [-0.1, -0.05) is 18.2 Å². The molecular formula is C14H8N2O2. The third-order valence-corrected chi connectivity index (χ3v) is 2.59. The Balaban J connectivity index is 2.83. The van der Waals surface area contributed by atoms with Gasteiger partial charge in [0.2, 0.25) is 0 Å². The van der Waals surface area contributed by atoms with Crippen molar-refractivity contribution in [2.24, 2.45) is 0 Å². The number of phenols is 2. The number of nitrogens with zero attached hydrogens (tertiary/aromatic N) is 2. The number of nitriles is 2. The lowest BCUT2D eigenvalue weighted by atomic mass is 9.94. The lowest BCUT2D eigenvalue weighted by molar-refractivity contribution is 0.405. The van der Waals surface area contributed by atoms with Crippen molar-refractivity contribution in [1.82, 2.24) is 0 Å². The summed E-state index contributed by atoms with van der Waals surface area (Å²) in [5.41, 5.74) is 1.14. The van der Waals surface area contributed by atoms with Gasteiger partial charge >= 0.3 is 0 Å². The molecule has 0 radical (unpaired) electrons. The molecule has 4 heteroatoms. The van der Waals surface area contributed by atoms with Gasteiger partial charge in [0.25, 0.3) is 0 Å². The normalized spacial score (nSPS) is 9.44. The molecule has 0 fully saturated rings. The molecule has 0 aromatic heterocycles. The van der Waals surface area contributed by atoms with Gasteiger partial charge in [-0.15, -0.1) is 0 Å². The quantitative estimate of drug-likeness (QED) is 0.744. The van der Waals surface area contributed by atoms with E-state index in [0.29, 0.717) is 5.56 Å². The van der Waals surface area contributed by atoms with Crippen molar-refractivity contribution >= 4 is 0 Å². The van der Waals surface area contributed by atoms with Crippen molar-refractivity contribution in [3.05, 3.63) is 47.5 Å². The first-order valence-corrected chi connectivity index (χ1v) is 5.13. The lowest BCUT2D eigenvalue weighted by Gasteiger charge is -2.09. The van der Waals surface area contributed by atoms with Gasteiger partial charge in [0.15, 0.2) is 11.5 Å². The van der Waals surface area contributed by atoms with Crippen LogP contribution in [-0.2, 0) is 0 Å². The first kappa shape index (κ1) is 11.5. The Morgan fingerprint density at radius 3 is 1.94 bits per heavy atom. The van der Waals surface area contributed by atoms with Gasteiger partial charge in [-0.2, -0.15) is 10.5 Å². The first-order valence-electron chi connectivity index (χ1n) is 5.13. The molecule has 0 saturated carbocycles. The van der Waals surface area contributed by atoms with Crippen LogP contribution in [0.3, 0.4) is 0 Å². The van der Waals surface area contributed by atoms with Gasteiger partial charge in [-0.3, -0.25) is 0 Å². The molecule has 0 spiro atoms. The van der Waals surface area contributed by atoms with Gasteiger partial charge in [-0.25, -0.2) is 0 Å². The maximum Gasteiger partial charge on any atom is 0.165 e. The van der Waals surface area contributed by atoms with Crippen LogP contribution >= 0.6 is 0 Å². The molecular weight excluding hydrogens is 228 g/mol. The minimum absolute atomic E-state index is 0.267. The predicted octanol–water partition coefficient (Wildman–Crippen LogP) is 2.51. The molecule has 0 heterocycles. The first-order chi connectivity index (χ1) is 8.69. The number of aromatic hydroxyl groups is 2. The zero-order valence-corrected chi connectivity index (χ0v) is 9.25. The van der Waals surface area contributed by atoms with E-state index < -0.39 is 0 Å². The molecule has 2 rings (SSSR count). The topological polar surface area (TPSA) is 88.0 Å². The fraction of sp³-hybridized carbons (Fsp3) is 0. The van der Waals surface area contributed by atoms with Crippen LogP contribution in [0.2, 0.25) is 0 Å². The highest BCUT2D eigenvalue weighted by atomic mass is 16.3. The monoisotopic (exact) mass is 236 g/mol. The van der Waals surface area contributed by atoms with E-state index in [-0.39, 0.29) is 28.2 Å². The van der Waals surface area contributed by atoms with E-state index in [1.54, 1.807) is 30.3 Å². The van der Waals surface area contributed by atoms with E-state index >= 15 is 0 Å². The summed E-state index contributed by atoms with van der Waals surface area (Å²) in [7, 11) is 0. The zero-order chi connectivity index (χ0) is 13.1. The van der Waals surface area contributed by atoms with Crippen molar-refractivity contribution in [3.8, 4) is 34.8 Å². The molecule has 2 N–H and O–H groups in total. The summed E-state index contributed by atoms with van der Waals surface area (Å²) in [6.07, 6.45) is 0. The van der Waals surface area contributed by atoms with Crippen LogP contribution < -0.4 is 0 Å². The fourth-order valence-corrected chi connectivity index (χ4v) is 1.76. The molecule has 0 saturated heterocycles. The molecule has 18 heavy (non-hydrogen) atoms. The van der Waals surface area contributed by atoms with Crippen LogP contribution in [0.5, 0.6) is 11.5 Å². The maximum absolute atomic E-state index is 9.82. The molecule has 2 aromatic rings. The summed E-state index contributed by atoms with van der Waals surface area (Å²) < 4.78 is 0. The number of hydrogen-bond acceptors (Lipinski definition) is 4. The third-order valence-electron chi connectivity index (χ3n) is 2.59. The van der Waals surface area contributed by atoms with Crippen LogP contribution in [0, 0.1) is 22.7 Å². The number of benzene rings is 2. The van der Waals surface area contributed by atoms with Crippen LogP contribution in [-0.4, -0.2) is 10.2 Å². The average Bonchev–Trinajstić information content (AvgIpc) is 2.41. The molecule has 0 unspecified atom stereocenters. The summed E-state index contributed by atoms with van der Waals surface area (Å²) in [6.45, 7) is 0. The van der Waals surface area contributed by atoms with E-state index in [1.807, 2.05) is 12.1 Å². The van der Waals surface area contributed by atoms with Crippen molar-refractivity contribution in [2.75, 3.05) is 0 Å². The van der Waals surface area contributed by atoms with Crippen LogP contribution in [0.1, 0.15) is 11.1 Å². The molecule has 0 aliphatic carbocycles. The molecule has 0 bridgehead atoms. The summed E-state index contributed by atoms with van der Waals surface area (Å²) in [6, 6.07) is 13.1. The second-order valence-corrected chi connectivity index (χ2v) is 3.63. The molecule has 0 aliphatic heterocycles. The highest BCUT2D eigenvalue weighted by molar-refractivity contribution is 5.81. The lowest BCUT2D eigenvalue weighted by Crippen LogP contribution is -1.90.